The molecule has 0 saturated carbocycles. The molecule has 1 aromatic heterocycles. The van der Waals surface area contributed by atoms with Crippen molar-refractivity contribution in [3.05, 3.63) is 64.4 Å². The predicted octanol–water partition coefficient (Wildman–Crippen LogP) is 5.19. The molecule has 0 radical (unpaired) electrons. The molecule has 1 aliphatic rings. The molecule has 0 amide bonds. The minimum atomic E-state index is -0.269. The SMILES string of the molecule is Fc1ccccc1-n1nc(-c2cccc(Br)c2)c2c1NCCCC2. The molecule has 0 spiro atoms. The second kappa shape index (κ2) is 6.40. The Hall–Kier alpha value is -2.14. The van der Waals surface area contributed by atoms with Crippen LogP contribution in [0.25, 0.3) is 16.9 Å². The van der Waals surface area contributed by atoms with Crippen LogP contribution in [0.3, 0.4) is 0 Å². The minimum absolute atomic E-state index is 0.269. The number of benzene rings is 2. The molecule has 0 atom stereocenters. The largest absolute Gasteiger partial charge is 0.370 e. The lowest BCUT2D eigenvalue weighted by Gasteiger charge is -2.09. The van der Waals surface area contributed by atoms with Crippen LogP contribution in [0, 0.1) is 5.82 Å². The van der Waals surface area contributed by atoms with Crippen LogP contribution in [-0.2, 0) is 6.42 Å². The number of nitrogens with zero attached hydrogens (tertiary/aromatic N) is 2. The molecule has 0 aliphatic carbocycles. The first kappa shape index (κ1) is 15.4. The van der Waals surface area contributed by atoms with Crippen LogP contribution in [-0.4, -0.2) is 16.3 Å². The Morgan fingerprint density at radius 3 is 2.79 bits per heavy atom. The number of para-hydroxylation sites is 1. The Bertz CT molecular complexity index is 888. The molecule has 1 N–H and O–H groups in total. The highest BCUT2D eigenvalue weighted by Gasteiger charge is 2.22. The number of aromatic nitrogens is 2. The summed E-state index contributed by atoms with van der Waals surface area (Å²) in [5, 5.41) is 8.22. The highest BCUT2D eigenvalue weighted by Crippen LogP contribution is 2.35. The first-order valence-electron chi connectivity index (χ1n) is 8.10. The van der Waals surface area contributed by atoms with E-state index in [1.807, 2.05) is 24.3 Å². The molecule has 0 bridgehead atoms. The van der Waals surface area contributed by atoms with Crippen LogP contribution >= 0.6 is 15.9 Å². The summed E-state index contributed by atoms with van der Waals surface area (Å²) in [4.78, 5) is 0. The van der Waals surface area contributed by atoms with Crippen LogP contribution in [0.1, 0.15) is 18.4 Å². The summed E-state index contributed by atoms with van der Waals surface area (Å²) in [6.45, 7) is 0.880. The molecule has 122 valence electrons. The van der Waals surface area contributed by atoms with Gasteiger partial charge in [-0.15, -0.1) is 0 Å². The van der Waals surface area contributed by atoms with E-state index in [1.165, 1.54) is 6.07 Å². The minimum Gasteiger partial charge on any atom is -0.370 e. The first-order valence-corrected chi connectivity index (χ1v) is 8.90. The van der Waals surface area contributed by atoms with Gasteiger partial charge in [-0.1, -0.05) is 40.2 Å². The van der Waals surface area contributed by atoms with E-state index in [9.17, 15) is 4.39 Å². The number of rotatable bonds is 2. The van der Waals surface area contributed by atoms with Crippen LogP contribution in [0.4, 0.5) is 10.2 Å². The van der Waals surface area contributed by atoms with Crippen molar-refractivity contribution in [1.29, 1.82) is 0 Å². The number of nitrogens with one attached hydrogen (secondary N) is 1. The van der Waals surface area contributed by atoms with Gasteiger partial charge in [-0.25, -0.2) is 9.07 Å². The maximum Gasteiger partial charge on any atom is 0.148 e. The van der Waals surface area contributed by atoms with Gasteiger partial charge < -0.3 is 5.32 Å². The molecule has 0 saturated heterocycles. The number of halogens is 2. The van der Waals surface area contributed by atoms with Crippen molar-refractivity contribution in [1.82, 2.24) is 9.78 Å². The smallest absolute Gasteiger partial charge is 0.148 e. The van der Waals surface area contributed by atoms with Gasteiger partial charge in [-0.05, 0) is 43.5 Å². The summed E-state index contributed by atoms with van der Waals surface area (Å²) in [7, 11) is 0. The molecular weight excluding hydrogens is 369 g/mol. The highest BCUT2D eigenvalue weighted by atomic mass is 79.9. The monoisotopic (exact) mass is 385 g/mol. The molecule has 3 nitrogen and oxygen atoms in total. The molecule has 24 heavy (non-hydrogen) atoms. The highest BCUT2D eigenvalue weighted by molar-refractivity contribution is 9.10. The Labute approximate surface area is 148 Å². The zero-order chi connectivity index (χ0) is 16.5. The van der Waals surface area contributed by atoms with Crippen LogP contribution in [0.2, 0.25) is 0 Å². The van der Waals surface area contributed by atoms with E-state index in [2.05, 4.69) is 27.3 Å². The third-order valence-corrected chi connectivity index (χ3v) is 4.80. The van der Waals surface area contributed by atoms with Gasteiger partial charge >= 0.3 is 0 Å². The molecule has 1 aliphatic heterocycles. The van der Waals surface area contributed by atoms with Crippen LogP contribution < -0.4 is 5.32 Å². The summed E-state index contributed by atoms with van der Waals surface area (Å²) in [6, 6.07) is 14.9. The van der Waals surface area contributed by atoms with E-state index in [0.29, 0.717) is 5.69 Å². The summed E-state index contributed by atoms with van der Waals surface area (Å²) in [5.41, 5.74) is 3.60. The fraction of sp³-hybridized carbons (Fsp3) is 0.211. The molecule has 5 heteroatoms. The molecular formula is C19H17BrFN3. The van der Waals surface area contributed by atoms with Gasteiger partial charge in [0.05, 0.1) is 5.69 Å². The summed E-state index contributed by atoms with van der Waals surface area (Å²) >= 11 is 3.52. The summed E-state index contributed by atoms with van der Waals surface area (Å²) < 4.78 is 17.1. The molecule has 2 aromatic carbocycles. The second-order valence-corrected chi connectivity index (χ2v) is 6.85. The average Bonchev–Trinajstić information content (AvgIpc) is 2.77. The average molecular weight is 386 g/mol. The number of hydrogen-bond acceptors (Lipinski definition) is 2. The van der Waals surface area contributed by atoms with Gasteiger partial charge in [0.2, 0.25) is 0 Å². The normalized spacial score (nSPS) is 13.9. The molecule has 0 fully saturated rings. The zero-order valence-corrected chi connectivity index (χ0v) is 14.7. The van der Waals surface area contributed by atoms with Crippen molar-refractivity contribution in [3.63, 3.8) is 0 Å². The van der Waals surface area contributed by atoms with E-state index in [-0.39, 0.29) is 5.82 Å². The zero-order valence-electron chi connectivity index (χ0n) is 13.1. The maximum absolute atomic E-state index is 14.3. The summed E-state index contributed by atoms with van der Waals surface area (Å²) in [6.07, 6.45) is 3.15. The predicted molar refractivity (Wildman–Crippen MR) is 98.1 cm³/mol. The van der Waals surface area contributed by atoms with Crippen molar-refractivity contribution < 1.29 is 4.39 Å². The van der Waals surface area contributed by atoms with E-state index in [1.54, 1.807) is 16.8 Å². The van der Waals surface area contributed by atoms with Crippen molar-refractivity contribution in [2.75, 3.05) is 11.9 Å². The fourth-order valence-corrected chi connectivity index (χ4v) is 3.57. The van der Waals surface area contributed by atoms with E-state index < -0.39 is 0 Å². The van der Waals surface area contributed by atoms with Gasteiger partial charge in [0.15, 0.2) is 0 Å². The second-order valence-electron chi connectivity index (χ2n) is 5.93. The van der Waals surface area contributed by atoms with Gasteiger partial charge in [0.1, 0.15) is 17.3 Å². The van der Waals surface area contributed by atoms with Crippen molar-refractivity contribution >= 4 is 21.7 Å². The number of fused-ring (bicyclic) bond motifs is 1. The van der Waals surface area contributed by atoms with E-state index >= 15 is 0 Å². The van der Waals surface area contributed by atoms with Crippen LogP contribution in [0.5, 0.6) is 0 Å². The van der Waals surface area contributed by atoms with Gasteiger partial charge in [0, 0.05) is 22.1 Å². The van der Waals surface area contributed by atoms with Crippen molar-refractivity contribution in [2.45, 2.75) is 19.3 Å². The summed E-state index contributed by atoms with van der Waals surface area (Å²) in [5.74, 6) is 0.641. The van der Waals surface area contributed by atoms with E-state index in [4.69, 9.17) is 5.10 Å². The first-order chi connectivity index (χ1) is 11.7. The number of anilines is 1. The Balaban J connectivity index is 1.94. The lowest BCUT2D eigenvalue weighted by molar-refractivity contribution is 0.611. The molecule has 4 rings (SSSR count). The van der Waals surface area contributed by atoms with Crippen molar-refractivity contribution in [2.24, 2.45) is 0 Å². The third-order valence-electron chi connectivity index (χ3n) is 4.31. The molecule has 2 heterocycles. The topological polar surface area (TPSA) is 29.9 Å². The number of hydrogen-bond donors (Lipinski definition) is 1. The van der Waals surface area contributed by atoms with Crippen molar-refractivity contribution in [3.8, 4) is 16.9 Å². The lowest BCUT2D eigenvalue weighted by Crippen LogP contribution is -2.08. The van der Waals surface area contributed by atoms with Gasteiger partial charge in [-0.3, -0.25) is 0 Å². The maximum atomic E-state index is 14.3. The lowest BCUT2D eigenvalue weighted by atomic mass is 10.0. The standard InChI is InChI=1S/C19H17BrFN3/c20-14-7-5-6-13(12-14)18-15-8-3-4-11-22-19(15)24(23-18)17-10-2-1-9-16(17)21/h1-2,5-7,9-10,12,22H,3-4,8,11H2. The van der Waals surface area contributed by atoms with Gasteiger partial charge in [-0.2, -0.15) is 5.10 Å². The van der Waals surface area contributed by atoms with Gasteiger partial charge in [0.25, 0.3) is 0 Å². The molecule has 3 aromatic rings. The fourth-order valence-electron chi connectivity index (χ4n) is 3.17. The molecule has 0 unspecified atom stereocenters. The quantitative estimate of drug-likeness (QED) is 0.657. The Kier molecular flexibility index (Phi) is 4.10. The Morgan fingerprint density at radius 2 is 1.96 bits per heavy atom. The Morgan fingerprint density at radius 1 is 1.08 bits per heavy atom. The third kappa shape index (κ3) is 2.73. The van der Waals surface area contributed by atoms with E-state index in [0.717, 1.165) is 52.9 Å². The van der Waals surface area contributed by atoms with Crippen LogP contribution in [0.15, 0.2) is 53.0 Å².